The van der Waals surface area contributed by atoms with Crippen molar-refractivity contribution in [1.82, 2.24) is 0 Å². The van der Waals surface area contributed by atoms with E-state index >= 15 is 0 Å². The number of rotatable bonds is 3. The fraction of sp³-hybridized carbons (Fsp3) is 1.00. The Morgan fingerprint density at radius 1 is 1.35 bits per heavy atom. The Morgan fingerprint density at radius 2 is 2.00 bits per heavy atom. The van der Waals surface area contributed by atoms with Crippen molar-refractivity contribution in [3.63, 3.8) is 0 Å². The third kappa shape index (κ3) is 3.03. The quantitative estimate of drug-likeness (QED) is 0.818. The SMILES string of the molecule is CC(C)CC(C)(O)C1CCOC2(CCCC2)C1. The van der Waals surface area contributed by atoms with E-state index in [9.17, 15) is 5.11 Å². The molecule has 1 aliphatic heterocycles. The van der Waals surface area contributed by atoms with Crippen molar-refractivity contribution in [1.29, 1.82) is 0 Å². The molecular formula is C15H28O2. The lowest BCUT2D eigenvalue weighted by molar-refractivity contribution is -0.139. The highest BCUT2D eigenvalue weighted by Gasteiger charge is 2.45. The minimum Gasteiger partial charge on any atom is -0.390 e. The fourth-order valence-electron chi connectivity index (χ4n) is 3.92. The highest BCUT2D eigenvalue weighted by molar-refractivity contribution is 4.96. The van der Waals surface area contributed by atoms with Gasteiger partial charge in [-0.1, -0.05) is 26.7 Å². The summed E-state index contributed by atoms with van der Waals surface area (Å²) < 4.78 is 6.05. The molecule has 2 atom stereocenters. The van der Waals surface area contributed by atoms with Crippen molar-refractivity contribution in [2.24, 2.45) is 11.8 Å². The second-order valence-electron chi connectivity index (χ2n) is 6.88. The second-order valence-corrected chi connectivity index (χ2v) is 6.88. The maximum absolute atomic E-state index is 10.7. The smallest absolute Gasteiger partial charge is 0.0686 e. The van der Waals surface area contributed by atoms with Crippen LogP contribution < -0.4 is 0 Å². The van der Waals surface area contributed by atoms with Gasteiger partial charge in [-0.2, -0.15) is 0 Å². The Balaban J connectivity index is 2.01. The average Bonchev–Trinajstić information content (AvgIpc) is 2.64. The first kappa shape index (κ1) is 13.4. The van der Waals surface area contributed by atoms with Crippen LogP contribution in [-0.4, -0.2) is 22.9 Å². The molecule has 2 nitrogen and oxygen atoms in total. The zero-order chi connectivity index (χ0) is 12.5. The standard InChI is InChI=1S/C15H28O2/c1-12(2)10-14(3,16)13-6-9-17-15(11-13)7-4-5-8-15/h12-13,16H,4-11H2,1-3H3. The number of hydrogen-bond acceptors (Lipinski definition) is 2. The monoisotopic (exact) mass is 240 g/mol. The molecule has 0 amide bonds. The predicted octanol–water partition coefficient (Wildman–Crippen LogP) is 3.52. The van der Waals surface area contributed by atoms with E-state index in [-0.39, 0.29) is 5.60 Å². The van der Waals surface area contributed by atoms with Gasteiger partial charge in [0, 0.05) is 6.61 Å². The van der Waals surface area contributed by atoms with Crippen molar-refractivity contribution >= 4 is 0 Å². The van der Waals surface area contributed by atoms with E-state index in [0.29, 0.717) is 11.8 Å². The lowest BCUT2D eigenvalue weighted by Gasteiger charge is -2.44. The number of ether oxygens (including phenoxy) is 1. The van der Waals surface area contributed by atoms with Crippen LogP contribution in [0.2, 0.25) is 0 Å². The summed E-state index contributed by atoms with van der Waals surface area (Å²) in [6.07, 6.45) is 8.04. The molecule has 2 unspecified atom stereocenters. The normalized spacial score (nSPS) is 31.9. The van der Waals surface area contributed by atoms with Gasteiger partial charge in [-0.05, 0) is 50.9 Å². The van der Waals surface area contributed by atoms with Gasteiger partial charge in [0.15, 0.2) is 0 Å². The van der Waals surface area contributed by atoms with Gasteiger partial charge in [0.1, 0.15) is 0 Å². The molecule has 2 rings (SSSR count). The third-order valence-corrected chi connectivity index (χ3v) is 4.71. The summed E-state index contributed by atoms with van der Waals surface area (Å²) in [4.78, 5) is 0. The van der Waals surface area contributed by atoms with Gasteiger partial charge in [-0.25, -0.2) is 0 Å². The topological polar surface area (TPSA) is 29.5 Å². The van der Waals surface area contributed by atoms with Crippen LogP contribution in [0.3, 0.4) is 0 Å². The summed E-state index contributed by atoms with van der Waals surface area (Å²) in [5, 5.41) is 10.7. The van der Waals surface area contributed by atoms with Crippen LogP contribution in [-0.2, 0) is 4.74 Å². The first-order chi connectivity index (χ1) is 7.94. The van der Waals surface area contributed by atoms with E-state index in [0.717, 1.165) is 25.9 Å². The number of aliphatic hydroxyl groups is 1. The molecule has 0 radical (unpaired) electrons. The lowest BCUT2D eigenvalue weighted by atomic mass is 9.73. The van der Waals surface area contributed by atoms with Crippen LogP contribution in [0, 0.1) is 11.8 Å². The molecule has 1 spiro atoms. The third-order valence-electron chi connectivity index (χ3n) is 4.71. The van der Waals surface area contributed by atoms with Crippen LogP contribution in [0.4, 0.5) is 0 Å². The fourth-order valence-corrected chi connectivity index (χ4v) is 3.92. The summed E-state index contributed by atoms with van der Waals surface area (Å²) in [6, 6.07) is 0. The van der Waals surface area contributed by atoms with Crippen LogP contribution >= 0.6 is 0 Å². The molecule has 17 heavy (non-hydrogen) atoms. The number of hydrogen-bond donors (Lipinski definition) is 1. The van der Waals surface area contributed by atoms with Crippen LogP contribution in [0.15, 0.2) is 0 Å². The molecular weight excluding hydrogens is 212 g/mol. The lowest BCUT2D eigenvalue weighted by Crippen LogP contribution is -2.46. The Morgan fingerprint density at radius 3 is 2.59 bits per heavy atom. The highest BCUT2D eigenvalue weighted by atomic mass is 16.5. The summed E-state index contributed by atoms with van der Waals surface area (Å²) in [5.41, 5.74) is -0.378. The summed E-state index contributed by atoms with van der Waals surface area (Å²) in [5.74, 6) is 0.990. The van der Waals surface area contributed by atoms with Crippen LogP contribution in [0.1, 0.15) is 65.7 Å². The zero-order valence-corrected chi connectivity index (χ0v) is 11.7. The van der Waals surface area contributed by atoms with E-state index in [2.05, 4.69) is 13.8 Å². The largest absolute Gasteiger partial charge is 0.390 e. The van der Waals surface area contributed by atoms with Crippen molar-refractivity contribution < 1.29 is 9.84 Å². The molecule has 2 aliphatic rings. The van der Waals surface area contributed by atoms with Gasteiger partial charge in [0.2, 0.25) is 0 Å². The van der Waals surface area contributed by atoms with Crippen molar-refractivity contribution in [3.8, 4) is 0 Å². The molecule has 2 heteroatoms. The zero-order valence-electron chi connectivity index (χ0n) is 11.7. The highest BCUT2D eigenvalue weighted by Crippen LogP contribution is 2.45. The molecule has 1 saturated heterocycles. The summed E-state index contributed by atoms with van der Waals surface area (Å²) in [7, 11) is 0. The first-order valence-electron chi connectivity index (χ1n) is 7.30. The minimum absolute atomic E-state index is 0.129. The first-order valence-corrected chi connectivity index (χ1v) is 7.30. The molecule has 0 aromatic heterocycles. The molecule has 1 aliphatic carbocycles. The van der Waals surface area contributed by atoms with Crippen molar-refractivity contribution in [3.05, 3.63) is 0 Å². The average molecular weight is 240 g/mol. The van der Waals surface area contributed by atoms with Crippen molar-refractivity contribution in [2.45, 2.75) is 76.9 Å². The molecule has 1 heterocycles. The predicted molar refractivity (Wildman–Crippen MR) is 70.0 cm³/mol. The van der Waals surface area contributed by atoms with Gasteiger partial charge in [0.05, 0.1) is 11.2 Å². The van der Waals surface area contributed by atoms with E-state index < -0.39 is 5.60 Å². The molecule has 0 aromatic rings. The molecule has 1 saturated carbocycles. The van der Waals surface area contributed by atoms with Gasteiger partial charge in [-0.3, -0.25) is 0 Å². The summed E-state index contributed by atoms with van der Waals surface area (Å²) >= 11 is 0. The minimum atomic E-state index is -0.506. The molecule has 2 fully saturated rings. The second kappa shape index (κ2) is 4.89. The maximum atomic E-state index is 10.7. The molecule has 0 bridgehead atoms. The van der Waals surface area contributed by atoms with Crippen LogP contribution in [0.5, 0.6) is 0 Å². The Labute approximate surface area is 106 Å². The molecule has 1 N–H and O–H groups in total. The Kier molecular flexibility index (Phi) is 3.84. The van der Waals surface area contributed by atoms with E-state index in [4.69, 9.17) is 4.74 Å². The van der Waals surface area contributed by atoms with Gasteiger partial charge < -0.3 is 9.84 Å². The van der Waals surface area contributed by atoms with Gasteiger partial charge in [-0.15, -0.1) is 0 Å². The van der Waals surface area contributed by atoms with E-state index in [1.807, 2.05) is 6.92 Å². The maximum Gasteiger partial charge on any atom is 0.0686 e. The Bertz CT molecular complexity index is 252. The molecule has 0 aromatic carbocycles. The summed E-state index contributed by atoms with van der Waals surface area (Å²) in [6.45, 7) is 7.27. The van der Waals surface area contributed by atoms with E-state index in [1.165, 1.54) is 25.7 Å². The van der Waals surface area contributed by atoms with Crippen molar-refractivity contribution in [2.75, 3.05) is 6.61 Å². The molecule has 100 valence electrons. The van der Waals surface area contributed by atoms with E-state index in [1.54, 1.807) is 0 Å². The van der Waals surface area contributed by atoms with Crippen LogP contribution in [0.25, 0.3) is 0 Å². The van der Waals surface area contributed by atoms with Gasteiger partial charge in [0.25, 0.3) is 0 Å². The van der Waals surface area contributed by atoms with Gasteiger partial charge >= 0.3 is 0 Å². The Hall–Kier alpha value is -0.0800.